The summed E-state index contributed by atoms with van der Waals surface area (Å²) in [5.41, 5.74) is 1.92. The number of amides is 1. The Kier molecular flexibility index (Phi) is 5.74. The topological polar surface area (TPSA) is 76.7 Å². The molecule has 0 saturated heterocycles. The lowest BCUT2D eigenvalue weighted by Crippen LogP contribution is -2.55. The molecule has 6 nitrogen and oxygen atoms in total. The summed E-state index contributed by atoms with van der Waals surface area (Å²) in [7, 11) is 1.36. The van der Waals surface area contributed by atoms with Crippen LogP contribution in [-0.4, -0.2) is 31.1 Å². The highest BCUT2D eigenvalue weighted by molar-refractivity contribution is 7.17. The van der Waals surface area contributed by atoms with Crippen LogP contribution in [-0.2, 0) is 21.5 Å². The summed E-state index contributed by atoms with van der Waals surface area (Å²) in [6.45, 7) is 10.2. The van der Waals surface area contributed by atoms with E-state index in [1.165, 1.54) is 18.4 Å². The van der Waals surface area contributed by atoms with Crippen LogP contribution in [0.3, 0.4) is 0 Å². The van der Waals surface area contributed by atoms with Crippen LogP contribution in [0.4, 0.5) is 5.00 Å². The Balaban J connectivity index is 1.86. The van der Waals surface area contributed by atoms with Gasteiger partial charge in [-0.1, -0.05) is 12.1 Å². The van der Waals surface area contributed by atoms with Crippen molar-refractivity contribution in [1.82, 2.24) is 5.32 Å². The molecule has 1 aliphatic heterocycles. The molecule has 0 unspecified atom stereocenters. The third-order valence-electron chi connectivity index (χ3n) is 4.85. The van der Waals surface area contributed by atoms with Crippen molar-refractivity contribution in [3.05, 3.63) is 45.8 Å². The fraction of sp³-hybridized carbons (Fsp3) is 0.455. The molecule has 1 amide bonds. The van der Waals surface area contributed by atoms with Gasteiger partial charge in [0.25, 0.3) is 5.91 Å². The lowest BCUT2D eigenvalue weighted by Gasteiger charge is -2.42. The predicted octanol–water partition coefficient (Wildman–Crippen LogP) is 4.02. The molecule has 0 spiro atoms. The van der Waals surface area contributed by atoms with Gasteiger partial charge in [-0.3, -0.25) is 4.79 Å². The third kappa shape index (κ3) is 4.62. The SMILES string of the molecule is COC(=O)c1c(NC(=O)COc2cccc(C)c2)sc2c1CC(C)(C)NC2(C)C. The second-order valence-electron chi connectivity index (χ2n) is 8.57. The van der Waals surface area contributed by atoms with Crippen molar-refractivity contribution in [2.75, 3.05) is 19.0 Å². The van der Waals surface area contributed by atoms with Gasteiger partial charge in [-0.2, -0.15) is 0 Å². The highest BCUT2D eigenvalue weighted by Crippen LogP contribution is 2.45. The first-order valence-corrected chi connectivity index (χ1v) is 10.4. The van der Waals surface area contributed by atoms with Gasteiger partial charge in [-0.25, -0.2) is 4.79 Å². The normalized spacial score (nSPS) is 16.6. The zero-order chi connectivity index (χ0) is 21.4. The number of fused-ring (bicyclic) bond motifs is 1. The summed E-state index contributed by atoms with van der Waals surface area (Å²) in [6, 6.07) is 7.51. The highest BCUT2D eigenvalue weighted by Gasteiger charge is 2.42. The van der Waals surface area contributed by atoms with Crippen LogP contribution in [0, 0.1) is 6.92 Å². The first-order chi connectivity index (χ1) is 13.5. The van der Waals surface area contributed by atoms with Gasteiger partial charge in [0.15, 0.2) is 6.61 Å². The maximum atomic E-state index is 12.6. The monoisotopic (exact) mass is 416 g/mol. The number of methoxy groups -OCH3 is 1. The summed E-state index contributed by atoms with van der Waals surface area (Å²) in [5, 5.41) is 6.98. The number of rotatable bonds is 5. The molecule has 0 fully saturated rings. The number of carbonyl (C=O) groups excluding carboxylic acids is 2. The molecule has 156 valence electrons. The van der Waals surface area contributed by atoms with Gasteiger partial charge in [0.05, 0.1) is 12.7 Å². The average Bonchev–Trinajstić information content (AvgIpc) is 2.96. The molecule has 2 aromatic rings. The molecule has 2 heterocycles. The van der Waals surface area contributed by atoms with Crippen LogP contribution in [0.5, 0.6) is 5.75 Å². The van der Waals surface area contributed by atoms with Gasteiger partial charge >= 0.3 is 5.97 Å². The lowest BCUT2D eigenvalue weighted by molar-refractivity contribution is -0.118. The van der Waals surface area contributed by atoms with Crippen LogP contribution in [0.25, 0.3) is 0 Å². The quantitative estimate of drug-likeness (QED) is 0.720. The molecular weight excluding hydrogens is 388 g/mol. The molecule has 1 aromatic heterocycles. The zero-order valence-electron chi connectivity index (χ0n) is 17.8. The highest BCUT2D eigenvalue weighted by atomic mass is 32.1. The average molecular weight is 417 g/mol. The van der Waals surface area contributed by atoms with Crippen LogP contribution >= 0.6 is 11.3 Å². The predicted molar refractivity (Wildman–Crippen MR) is 115 cm³/mol. The van der Waals surface area contributed by atoms with Gasteiger partial charge in [0.2, 0.25) is 0 Å². The number of nitrogens with one attached hydrogen (secondary N) is 2. The Morgan fingerprint density at radius 1 is 1.24 bits per heavy atom. The zero-order valence-corrected chi connectivity index (χ0v) is 18.6. The summed E-state index contributed by atoms with van der Waals surface area (Å²) in [6.07, 6.45) is 0.669. The van der Waals surface area contributed by atoms with Gasteiger partial charge in [-0.05, 0) is 64.3 Å². The molecule has 0 radical (unpaired) electrons. The van der Waals surface area contributed by atoms with Crippen molar-refractivity contribution < 1.29 is 19.1 Å². The van der Waals surface area contributed by atoms with E-state index >= 15 is 0 Å². The first kappa shape index (κ1) is 21.3. The minimum Gasteiger partial charge on any atom is -0.484 e. The molecule has 0 bridgehead atoms. The Morgan fingerprint density at radius 2 is 1.97 bits per heavy atom. The smallest absolute Gasteiger partial charge is 0.341 e. The number of hydrogen-bond acceptors (Lipinski definition) is 6. The third-order valence-corrected chi connectivity index (χ3v) is 6.32. The van der Waals surface area contributed by atoms with Crippen molar-refractivity contribution >= 4 is 28.2 Å². The fourth-order valence-corrected chi connectivity index (χ4v) is 5.23. The summed E-state index contributed by atoms with van der Waals surface area (Å²) in [5.74, 6) is -0.128. The minimum absolute atomic E-state index is 0.139. The molecule has 1 aliphatic rings. The summed E-state index contributed by atoms with van der Waals surface area (Å²) in [4.78, 5) is 26.1. The number of carbonyl (C=O) groups is 2. The summed E-state index contributed by atoms with van der Waals surface area (Å²) < 4.78 is 10.6. The van der Waals surface area contributed by atoms with Crippen LogP contribution in [0.15, 0.2) is 24.3 Å². The maximum Gasteiger partial charge on any atom is 0.341 e. The van der Waals surface area contributed by atoms with E-state index in [9.17, 15) is 9.59 Å². The molecule has 0 atom stereocenters. The van der Waals surface area contributed by atoms with Crippen molar-refractivity contribution in [3.63, 3.8) is 0 Å². The lowest BCUT2D eigenvalue weighted by atomic mass is 9.81. The standard InChI is InChI=1S/C22H28N2O4S/c1-13-8-7-9-14(10-13)28-12-16(25)23-19-17(20(26)27-6)15-11-21(2,3)24-22(4,5)18(15)29-19/h7-10,24H,11-12H2,1-6H3,(H,23,25). The van der Waals surface area contributed by atoms with Crippen molar-refractivity contribution in [1.29, 1.82) is 0 Å². The summed E-state index contributed by atoms with van der Waals surface area (Å²) >= 11 is 1.41. The van der Waals surface area contributed by atoms with Gasteiger partial charge in [-0.15, -0.1) is 11.3 Å². The Labute approximate surface area is 175 Å². The van der Waals surface area contributed by atoms with E-state index < -0.39 is 5.97 Å². The largest absolute Gasteiger partial charge is 0.484 e. The molecule has 0 saturated carbocycles. The molecule has 7 heteroatoms. The molecule has 0 aliphatic carbocycles. The number of aryl methyl sites for hydroxylation is 1. The second-order valence-corrected chi connectivity index (χ2v) is 9.59. The number of ether oxygens (including phenoxy) is 2. The number of anilines is 1. The Bertz CT molecular complexity index is 946. The number of esters is 1. The van der Waals surface area contributed by atoms with Crippen LogP contribution < -0.4 is 15.4 Å². The number of benzene rings is 1. The van der Waals surface area contributed by atoms with E-state index in [2.05, 4.69) is 38.3 Å². The molecule has 2 N–H and O–H groups in total. The van der Waals surface area contributed by atoms with E-state index in [1.54, 1.807) is 6.07 Å². The van der Waals surface area contributed by atoms with E-state index in [0.717, 1.165) is 16.0 Å². The molecule has 1 aromatic carbocycles. The van der Waals surface area contributed by atoms with Gasteiger partial charge in [0.1, 0.15) is 10.8 Å². The van der Waals surface area contributed by atoms with Gasteiger partial charge in [0, 0.05) is 16.0 Å². The number of hydrogen-bond donors (Lipinski definition) is 2. The molecule has 3 rings (SSSR count). The molecule has 29 heavy (non-hydrogen) atoms. The Hall–Kier alpha value is -2.38. The van der Waals surface area contributed by atoms with E-state index in [-0.39, 0.29) is 23.6 Å². The van der Waals surface area contributed by atoms with Gasteiger partial charge < -0.3 is 20.1 Å². The number of thiophene rings is 1. The van der Waals surface area contributed by atoms with Crippen molar-refractivity contribution in [3.8, 4) is 5.75 Å². The fourth-order valence-electron chi connectivity index (χ4n) is 3.95. The Morgan fingerprint density at radius 3 is 2.62 bits per heavy atom. The second kappa shape index (κ2) is 7.80. The minimum atomic E-state index is -0.439. The van der Waals surface area contributed by atoms with E-state index in [4.69, 9.17) is 9.47 Å². The van der Waals surface area contributed by atoms with Crippen LogP contribution in [0.1, 0.15) is 54.1 Å². The van der Waals surface area contributed by atoms with Crippen molar-refractivity contribution in [2.24, 2.45) is 0 Å². The maximum absolute atomic E-state index is 12.6. The van der Waals surface area contributed by atoms with E-state index in [1.807, 2.05) is 25.1 Å². The van der Waals surface area contributed by atoms with E-state index in [0.29, 0.717) is 22.7 Å². The van der Waals surface area contributed by atoms with Crippen LogP contribution in [0.2, 0.25) is 0 Å². The van der Waals surface area contributed by atoms with Crippen molar-refractivity contribution in [2.45, 2.75) is 52.1 Å². The first-order valence-electron chi connectivity index (χ1n) is 9.55. The molecular formula is C22H28N2O4S.